The van der Waals surface area contributed by atoms with Crippen LogP contribution < -0.4 is 14.8 Å². The Morgan fingerprint density at radius 2 is 1.65 bits per heavy atom. The summed E-state index contributed by atoms with van der Waals surface area (Å²) in [6.07, 6.45) is 3.02. The monoisotopic (exact) mass is 479 g/mol. The highest BCUT2D eigenvalue weighted by atomic mass is 32.2. The minimum atomic E-state index is -3.94. The number of Topliss-reactive ketones (excluding diaryl/α,β-unsaturated/α-hetero) is 1. The van der Waals surface area contributed by atoms with Gasteiger partial charge < -0.3 is 9.84 Å². The number of aliphatic hydroxyl groups excluding tert-OH is 1. The average Bonchev–Trinajstić information content (AvgIpc) is 3.10. The third-order valence-electron chi connectivity index (χ3n) is 5.35. The number of primary sulfonamides is 1. The second-order valence-corrected chi connectivity index (χ2v) is 9.01. The molecule has 9 nitrogen and oxygen atoms in total. The second kappa shape index (κ2) is 9.08. The van der Waals surface area contributed by atoms with Crippen LogP contribution in [0.15, 0.2) is 83.5 Å². The van der Waals surface area contributed by atoms with Crippen LogP contribution in [0.2, 0.25) is 0 Å². The zero-order valence-corrected chi connectivity index (χ0v) is 18.9. The number of nitrogens with zero attached hydrogens (tertiary/aromatic N) is 2. The first-order valence-corrected chi connectivity index (χ1v) is 11.8. The Morgan fingerprint density at radius 3 is 2.21 bits per heavy atom. The molecule has 0 radical (unpaired) electrons. The fourth-order valence-electron chi connectivity index (χ4n) is 3.79. The van der Waals surface area contributed by atoms with E-state index < -0.39 is 27.8 Å². The predicted molar refractivity (Wildman–Crippen MR) is 124 cm³/mol. The first kappa shape index (κ1) is 23.1. The van der Waals surface area contributed by atoms with Crippen molar-refractivity contribution in [2.24, 2.45) is 5.14 Å². The second-order valence-electron chi connectivity index (χ2n) is 7.45. The van der Waals surface area contributed by atoms with Gasteiger partial charge in [0.25, 0.3) is 11.7 Å². The first-order chi connectivity index (χ1) is 16.2. The molecule has 0 spiro atoms. The molecular formula is C24H21N3O6S. The van der Waals surface area contributed by atoms with Crippen molar-refractivity contribution in [3.63, 3.8) is 0 Å². The van der Waals surface area contributed by atoms with Crippen molar-refractivity contribution < 1.29 is 27.9 Å². The number of nitrogens with two attached hydrogens (primary N) is 1. The van der Waals surface area contributed by atoms with Crippen molar-refractivity contribution in [3.05, 3.63) is 89.8 Å². The van der Waals surface area contributed by atoms with Crippen LogP contribution in [-0.2, 0) is 19.6 Å². The van der Waals surface area contributed by atoms with Crippen LogP contribution in [0.4, 0.5) is 5.69 Å². The highest BCUT2D eigenvalue weighted by Crippen LogP contribution is 2.42. The van der Waals surface area contributed by atoms with Crippen molar-refractivity contribution in [1.82, 2.24) is 4.98 Å². The van der Waals surface area contributed by atoms with Crippen molar-refractivity contribution in [2.75, 3.05) is 11.5 Å². The fourth-order valence-corrected chi connectivity index (χ4v) is 4.30. The quantitative estimate of drug-likeness (QED) is 0.315. The van der Waals surface area contributed by atoms with E-state index in [1.807, 2.05) is 6.92 Å². The molecule has 2 aromatic carbocycles. The molecule has 1 aliphatic heterocycles. The smallest absolute Gasteiger partial charge is 0.300 e. The van der Waals surface area contributed by atoms with Crippen LogP contribution in [0.25, 0.3) is 5.76 Å². The molecule has 1 atom stereocenters. The number of aliphatic hydroxyl groups is 1. The van der Waals surface area contributed by atoms with E-state index in [0.717, 1.165) is 0 Å². The van der Waals surface area contributed by atoms with Crippen LogP contribution in [0, 0.1) is 0 Å². The summed E-state index contributed by atoms with van der Waals surface area (Å²) in [7, 11) is -3.94. The van der Waals surface area contributed by atoms with Crippen LogP contribution in [0.1, 0.15) is 24.1 Å². The summed E-state index contributed by atoms with van der Waals surface area (Å²) < 4.78 is 28.7. The van der Waals surface area contributed by atoms with Crippen molar-refractivity contribution in [1.29, 1.82) is 0 Å². The molecule has 10 heteroatoms. The number of pyridine rings is 1. The number of hydrogen-bond donors (Lipinski definition) is 2. The number of hydrogen-bond acceptors (Lipinski definition) is 7. The van der Waals surface area contributed by atoms with E-state index in [4.69, 9.17) is 9.88 Å². The number of anilines is 1. The number of sulfonamides is 1. The summed E-state index contributed by atoms with van der Waals surface area (Å²) in [4.78, 5) is 31.3. The Labute approximate surface area is 196 Å². The molecule has 1 saturated heterocycles. The van der Waals surface area contributed by atoms with E-state index in [1.165, 1.54) is 41.6 Å². The number of benzene rings is 2. The highest BCUT2D eigenvalue weighted by molar-refractivity contribution is 7.89. The van der Waals surface area contributed by atoms with Gasteiger partial charge in [-0.15, -0.1) is 0 Å². The van der Waals surface area contributed by atoms with E-state index in [9.17, 15) is 23.1 Å². The molecule has 174 valence electrons. The summed E-state index contributed by atoms with van der Waals surface area (Å²) in [6.45, 7) is 2.32. The van der Waals surface area contributed by atoms with Gasteiger partial charge in [-0.25, -0.2) is 13.6 Å². The Balaban J connectivity index is 1.86. The molecule has 1 aliphatic rings. The Hall–Kier alpha value is -4.02. The van der Waals surface area contributed by atoms with E-state index in [2.05, 4.69) is 4.98 Å². The highest BCUT2D eigenvalue weighted by Gasteiger charge is 2.47. The molecule has 1 amide bonds. The first-order valence-electron chi connectivity index (χ1n) is 10.3. The number of aromatic nitrogens is 1. The number of amides is 1. The Kier molecular flexibility index (Phi) is 6.18. The van der Waals surface area contributed by atoms with Crippen LogP contribution in [0.5, 0.6) is 5.75 Å². The Morgan fingerprint density at radius 1 is 1.03 bits per heavy atom. The summed E-state index contributed by atoms with van der Waals surface area (Å²) in [6, 6.07) is 14.1. The van der Waals surface area contributed by atoms with E-state index in [1.54, 1.807) is 36.4 Å². The maximum absolute atomic E-state index is 13.1. The predicted octanol–water partition coefficient (Wildman–Crippen LogP) is 2.75. The summed E-state index contributed by atoms with van der Waals surface area (Å²) >= 11 is 0. The normalized spacial score (nSPS) is 17.7. The van der Waals surface area contributed by atoms with Gasteiger partial charge in [0, 0.05) is 23.6 Å². The average molecular weight is 480 g/mol. The molecule has 0 saturated carbocycles. The largest absolute Gasteiger partial charge is 0.507 e. The van der Waals surface area contributed by atoms with Gasteiger partial charge in [0.2, 0.25) is 10.0 Å². The SMILES string of the molecule is CCOc1ccc(/C(O)=C2\C(=O)C(=O)N(c3ccc(S(N)(=O)=O)cc3)C2c2ccncc2)cc1. The van der Waals surface area contributed by atoms with E-state index >= 15 is 0 Å². The van der Waals surface area contributed by atoms with Crippen molar-refractivity contribution in [2.45, 2.75) is 17.9 Å². The molecule has 3 N–H and O–H groups in total. The Bertz CT molecular complexity index is 1370. The summed E-state index contributed by atoms with van der Waals surface area (Å²) in [5, 5.41) is 16.3. The topological polar surface area (TPSA) is 140 Å². The van der Waals surface area contributed by atoms with Crippen LogP contribution in [-0.4, -0.2) is 36.8 Å². The molecular weight excluding hydrogens is 458 g/mol. The lowest BCUT2D eigenvalue weighted by atomic mass is 9.95. The maximum Gasteiger partial charge on any atom is 0.300 e. The van der Waals surface area contributed by atoms with Gasteiger partial charge in [0.1, 0.15) is 11.5 Å². The van der Waals surface area contributed by atoms with Gasteiger partial charge in [-0.2, -0.15) is 0 Å². The zero-order chi connectivity index (χ0) is 24.5. The minimum absolute atomic E-state index is 0.101. The minimum Gasteiger partial charge on any atom is -0.507 e. The van der Waals surface area contributed by atoms with Gasteiger partial charge in [-0.3, -0.25) is 19.5 Å². The number of rotatable bonds is 6. The number of ether oxygens (including phenoxy) is 1. The molecule has 3 aromatic rings. The van der Waals surface area contributed by atoms with Gasteiger partial charge in [-0.05, 0) is 73.2 Å². The molecule has 2 heterocycles. The van der Waals surface area contributed by atoms with Crippen molar-refractivity contribution >= 4 is 33.2 Å². The van der Waals surface area contributed by atoms with Crippen molar-refractivity contribution in [3.8, 4) is 5.75 Å². The molecule has 1 aromatic heterocycles. The molecule has 0 bridgehead atoms. The standard InChI is InChI=1S/C24H21N3O6S/c1-2-33-18-7-3-16(4-8-18)22(28)20-21(15-11-13-26-14-12-15)27(24(30)23(20)29)17-5-9-19(10-6-17)34(25,31)32/h3-14,21,28H,2H2,1H3,(H2,25,31,32)/b22-20+. The molecule has 34 heavy (non-hydrogen) atoms. The molecule has 1 unspecified atom stereocenters. The fraction of sp³-hybridized carbons (Fsp3) is 0.125. The zero-order valence-electron chi connectivity index (χ0n) is 18.1. The van der Waals surface area contributed by atoms with E-state index in [-0.39, 0.29) is 21.9 Å². The summed E-state index contributed by atoms with van der Waals surface area (Å²) in [5.74, 6) is -1.48. The molecule has 1 fully saturated rings. The molecule has 0 aliphatic carbocycles. The number of carbonyl (C=O) groups excluding carboxylic acids is 2. The van der Waals surface area contributed by atoms with Crippen LogP contribution in [0.3, 0.4) is 0 Å². The molecule has 4 rings (SSSR count). The maximum atomic E-state index is 13.1. The third-order valence-corrected chi connectivity index (χ3v) is 6.28. The van der Waals surface area contributed by atoms with Gasteiger partial charge in [-0.1, -0.05) is 0 Å². The lowest BCUT2D eigenvalue weighted by Gasteiger charge is -2.25. The van der Waals surface area contributed by atoms with Crippen LogP contribution >= 0.6 is 0 Å². The summed E-state index contributed by atoms with van der Waals surface area (Å²) in [5.41, 5.74) is 1.04. The number of carbonyl (C=O) groups is 2. The lowest BCUT2D eigenvalue weighted by molar-refractivity contribution is -0.132. The van der Waals surface area contributed by atoms with Gasteiger partial charge >= 0.3 is 0 Å². The third kappa shape index (κ3) is 4.28. The number of ketones is 1. The lowest BCUT2D eigenvalue weighted by Crippen LogP contribution is -2.29. The van der Waals surface area contributed by atoms with E-state index in [0.29, 0.717) is 23.5 Å². The van der Waals surface area contributed by atoms with Gasteiger partial charge in [0.05, 0.1) is 23.1 Å². The van der Waals surface area contributed by atoms with Gasteiger partial charge in [0.15, 0.2) is 0 Å².